The molecule has 5 heteroatoms. The molecule has 0 bridgehead atoms. The van der Waals surface area contributed by atoms with Crippen molar-refractivity contribution in [2.75, 3.05) is 0 Å². The molecule has 5 nitrogen and oxygen atoms in total. The molecule has 0 atom stereocenters. The Balaban J connectivity index is 0.992. The third kappa shape index (κ3) is 6.51. The zero-order valence-electron chi connectivity index (χ0n) is 34.1. The fraction of sp³-hybridized carbons (Fsp3) is 0. The van der Waals surface area contributed by atoms with E-state index in [-0.39, 0.29) is 0 Å². The van der Waals surface area contributed by atoms with Crippen molar-refractivity contribution in [2.24, 2.45) is 0 Å². The van der Waals surface area contributed by atoms with Crippen molar-refractivity contribution in [3.8, 4) is 72.8 Å². The minimum atomic E-state index is 0.908. The van der Waals surface area contributed by atoms with Crippen molar-refractivity contribution in [3.05, 3.63) is 225 Å². The lowest BCUT2D eigenvalue weighted by atomic mass is 9.95. The summed E-state index contributed by atoms with van der Waals surface area (Å²) in [5.74, 6) is 0. The average Bonchev–Trinajstić information content (AvgIpc) is 3.69. The Labute approximate surface area is 364 Å². The molecule has 0 aliphatic carbocycles. The van der Waals surface area contributed by atoms with Gasteiger partial charge in [-0.2, -0.15) is 0 Å². The van der Waals surface area contributed by atoms with Gasteiger partial charge in [-0.1, -0.05) is 127 Å². The van der Waals surface area contributed by atoms with Crippen LogP contribution in [0.4, 0.5) is 0 Å². The SMILES string of the molecule is c1ccc(-n2c3ccccc3c3cc4c(cc32)c(-c2ccc(-c3cc(-c5ccc(-c6ccncc6)cc5)nc(-c5ccc(-c6ccncc6)cc5)c3)cc2)nc2ccccc24)cc1. The van der Waals surface area contributed by atoms with E-state index in [1.54, 1.807) is 0 Å². The van der Waals surface area contributed by atoms with Gasteiger partial charge in [0, 0.05) is 68.7 Å². The number of aromatic nitrogens is 5. The van der Waals surface area contributed by atoms with Crippen molar-refractivity contribution in [1.29, 1.82) is 0 Å². The number of hydrogen-bond donors (Lipinski definition) is 0. The second-order valence-electron chi connectivity index (χ2n) is 15.9. The van der Waals surface area contributed by atoms with E-state index in [4.69, 9.17) is 9.97 Å². The molecule has 5 heterocycles. The highest BCUT2D eigenvalue weighted by Gasteiger charge is 2.18. The van der Waals surface area contributed by atoms with Crippen molar-refractivity contribution < 1.29 is 0 Å². The number of pyridine rings is 4. The first-order valence-corrected chi connectivity index (χ1v) is 21.2. The molecule has 0 saturated heterocycles. The van der Waals surface area contributed by atoms with Gasteiger partial charge in [0.15, 0.2) is 0 Å². The topological polar surface area (TPSA) is 56.5 Å². The molecule has 0 amide bonds. The molecule has 0 spiro atoms. The van der Waals surface area contributed by atoms with Crippen molar-refractivity contribution >= 4 is 43.5 Å². The minimum Gasteiger partial charge on any atom is -0.309 e. The minimum absolute atomic E-state index is 0.908. The summed E-state index contributed by atoms with van der Waals surface area (Å²) in [5.41, 5.74) is 17.1. The van der Waals surface area contributed by atoms with Gasteiger partial charge in [0.1, 0.15) is 0 Å². The second kappa shape index (κ2) is 15.2. The predicted octanol–water partition coefficient (Wildman–Crippen LogP) is 14.7. The Hall–Kier alpha value is -8.54. The molecule has 12 aromatic rings. The van der Waals surface area contributed by atoms with Crippen LogP contribution in [-0.4, -0.2) is 24.5 Å². The van der Waals surface area contributed by atoms with Crippen LogP contribution in [0.25, 0.3) is 116 Å². The summed E-state index contributed by atoms with van der Waals surface area (Å²) in [6.45, 7) is 0. The third-order valence-electron chi connectivity index (χ3n) is 12.2. The van der Waals surface area contributed by atoms with Crippen LogP contribution in [-0.2, 0) is 0 Å². The van der Waals surface area contributed by atoms with Gasteiger partial charge in [-0.15, -0.1) is 0 Å². The summed E-state index contributed by atoms with van der Waals surface area (Å²) in [6, 6.07) is 71.3. The van der Waals surface area contributed by atoms with E-state index >= 15 is 0 Å². The van der Waals surface area contributed by atoms with Gasteiger partial charge in [0.2, 0.25) is 0 Å². The Morgan fingerprint density at radius 1 is 0.286 bits per heavy atom. The zero-order valence-corrected chi connectivity index (χ0v) is 34.1. The molecule has 0 N–H and O–H groups in total. The lowest BCUT2D eigenvalue weighted by Crippen LogP contribution is -1.94. The molecule has 7 aromatic carbocycles. The third-order valence-corrected chi connectivity index (χ3v) is 12.2. The average molecular weight is 804 g/mol. The first-order chi connectivity index (χ1) is 31.2. The fourth-order valence-corrected chi connectivity index (χ4v) is 9.06. The van der Waals surface area contributed by atoms with E-state index in [0.717, 1.165) is 94.6 Å². The molecular formula is C58H37N5. The van der Waals surface area contributed by atoms with Gasteiger partial charge in [-0.05, 0) is 112 Å². The molecule has 12 rings (SSSR count). The molecule has 294 valence electrons. The maximum atomic E-state index is 5.38. The van der Waals surface area contributed by atoms with Crippen LogP contribution in [0, 0.1) is 0 Å². The van der Waals surface area contributed by atoms with Gasteiger partial charge in [0.05, 0.1) is 33.6 Å². The molecule has 0 saturated carbocycles. The lowest BCUT2D eigenvalue weighted by Gasteiger charge is -2.14. The van der Waals surface area contributed by atoms with Crippen LogP contribution in [0.5, 0.6) is 0 Å². The monoisotopic (exact) mass is 803 g/mol. The Bertz CT molecular complexity index is 3520. The Morgan fingerprint density at radius 2 is 0.778 bits per heavy atom. The Morgan fingerprint density at radius 3 is 1.40 bits per heavy atom. The maximum absolute atomic E-state index is 5.38. The lowest BCUT2D eigenvalue weighted by molar-refractivity contribution is 1.18. The van der Waals surface area contributed by atoms with E-state index in [1.807, 2.05) is 49.1 Å². The van der Waals surface area contributed by atoms with E-state index in [0.29, 0.717) is 0 Å². The highest BCUT2D eigenvalue weighted by molar-refractivity contribution is 6.20. The largest absolute Gasteiger partial charge is 0.309 e. The smallest absolute Gasteiger partial charge is 0.0788 e. The zero-order chi connectivity index (χ0) is 41.7. The molecule has 0 radical (unpaired) electrons. The van der Waals surface area contributed by atoms with E-state index in [1.165, 1.54) is 21.7 Å². The van der Waals surface area contributed by atoms with E-state index < -0.39 is 0 Å². The van der Waals surface area contributed by atoms with E-state index in [2.05, 4.69) is 190 Å². The standard InChI is InChI=1S/C58H37N5/c1-2-8-47(9-3-1)63-56-13-7-5-11-49(56)51-36-50-48-10-4-6-12-53(48)62-58(52(50)37-57(51)63)45-24-18-40(19-25-45)46-34-54(43-20-14-38(15-21-43)41-26-30-59-31-27-41)61-55(35-46)44-22-16-39(17-23-44)42-28-32-60-33-29-42/h1-37H. The van der Waals surface area contributed by atoms with Gasteiger partial charge in [0.25, 0.3) is 0 Å². The number of nitrogens with zero attached hydrogens (tertiary/aromatic N) is 5. The first-order valence-electron chi connectivity index (χ1n) is 21.2. The van der Waals surface area contributed by atoms with Crippen molar-refractivity contribution in [2.45, 2.75) is 0 Å². The van der Waals surface area contributed by atoms with Gasteiger partial charge in [-0.3, -0.25) is 9.97 Å². The maximum Gasteiger partial charge on any atom is 0.0788 e. The number of rotatable bonds is 7. The van der Waals surface area contributed by atoms with Crippen molar-refractivity contribution in [1.82, 2.24) is 24.5 Å². The summed E-state index contributed by atoms with van der Waals surface area (Å²) < 4.78 is 2.38. The van der Waals surface area contributed by atoms with Gasteiger partial charge >= 0.3 is 0 Å². The summed E-state index contributed by atoms with van der Waals surface area (Å²) in [6.07, 6.45) is 7.31. The number of fused-ring (bicyclic) bond motifs is 6. The molecule has 5 aromatic heterocycles. The second-order valence-corrected chi connectivity index (χ2v) is 15.9. The van der Waals surface area contributed by atoms with Crippen LogP contribution in [0.15, 0.2) is 225 Å². The molecule has 63 heavy (non-hydrogen) atoms. The fourth-order valence-electron chi connectivity index (χ4n) is 9.06. The molecule has 0 unspecified atom stereocenters. The van der Waals surface area contributed by atoms with Crippen LogP contribution in [0.1, 0.15) is 0 Å². The number of para-hydroxylation sites is 3. The van der Waals surface area contributed by atoms with Crippen molar-refractivity contribution in [3.63, 3.8) is 0 Å². The van der Waals surface area contributed by atoms with Crippen LogP contribution < -0.4 is 0 Å². The summed E-state index contributed by atoms with van der Waals surface area (Å²) in [7, 11) is 0. The molecule has 0 aliphatic rings. The highest BCUT2D eigenvalue weighted by Crippen LogP contribution is 2.41. The van der Waals surface area contributed by atoms with Crippen LogP contribution in [0.3, 0.4) is 0 Å². The summed E-state index contributed by atoms with van der Waals surface area (Å²) in [4.78, 5) is 19.0. The molecule has 0 aliphatic heterocycles. The Kier molecular flexibility index (Phi) is 8.75. The molecule has 0 fully saturated rings. The van der Waals surface area contributed by atoms with Gasteiger partial charge < -0.3 is 4.57 Å². The summed E-state index contributed by atoms with van der Waals surface area (Å²) >= 11 is 0. The first kappa shape index (κ1) is 36.3. The highest BCUT2D eigenvalue weighted by atomic mass is 15.0. The number of benzene rings is 7. The predicted molar refractivity (Wildman–Crippen MR) is 260 cm³/mol. The normalized spacial score (nSPS) is 11.5. The van der Waals surface area contributed by atoms with Gasteiger partial charge in [-0.25, -0.2) is 9.97 Å². The van der Waals surface area contributed by atoms with Crippen LogP contribution in [0.2, 0.25) is 0 Å². The summed E-state index contributed by atoms with van der Waals surface area (Å²) in [5, 5.41) is 5.91. The molecular weight excluding hydrogens is 767 g/mol. The van der Waals surface area contributed by atoms with E-state index in [9.17, 15) is 0 Å². The van der Waals surface area contributed by atoms with Crippen LogP contribution >= 0.6 is 0 Å². The quantitative estimate of drug-likeness (QED) is 0.151. The number of hydrogen-bond acceptors (Lipinski definition) is 4.